The normalized spacial score (nSPS) is 8.00. The minimum atomic E-state index is 0. The number of rotatable bonds is 1. The van der Waals surface area contributed by atoms with E-state index < -0.39 is 0 Å². The SMILES string of the molecule is CC(=[OH+])C=C(C)O.[CH3-].[CH3-].[Ti]. The van der Waals surface area contributed by atoms with E-state index >= 15 is 0 Å². The smallest absolute Gasteiger partial charge is 0.316 e. The van der Waals surface area contributed by atoms with Gasteiger partial charge in [-0.25, -0.2) is 0 Å². The van der Waals surface area contributed by atoms with Crippen LogP contribution in [0.2, 0.25) is 0 Å². The fourth-order valence-electron chi connectivity index (χ4n) is 0.302. The van der Waals surface area contributed by atoms with E-state index in [2.05, 4.69) is 0 Å². The van der Waals surface area contributed by atoms with Crippen LogP contribution in [0.3, 0.4) is 0 Å². The van der Waals surface area contributed by atoms with Crippen molar-refractivity contribution >= 4 is 5.78 Å². The Morgan fingerprint density at radius 3 is 1.60 bits per heavy atom. The molecule has 0 aliphatic heterocycles. The largest absolute Gasteiger partial charge is 0.512 e. The van der Waals surface area contributed by atoms with Crippen LogP contribution < -0.4 is 0 Å². The summed E-state index contributed by atoms with van der Waals surface area (Å²) < 4.78 is 0. The van der Waals surface area contributed by atoms with Gasteiger partial charge in [0.25, 0.3) is 0 Å². The molecule has 2 nitrogen and oxygen atoms in total. The molecule has 0 unspecified atom stereocenters. The first-order chi connectivity index (χ1) is 3.13. The number of carbonyl (C=O) groups excluding carboxylic acids is 1. The zero-order valence-electron chi connectivity index (χ0n) is 6.97. The van der Waals surface area contributed by atoms with Crippen LogP contribution in [0.15, 0.2) is 11.8 Å². The van der Waals surface area contributed by atoms with Crippen LogP contribution in [-0.4, -0.2) is 15.7 Å². The van der Waals surface area contributed by atoms with Crippen molar-refractivity contribution in [2.75, 3.05) is 0 Å². The van der Waals surface area contributed by atoms with E-state index in [-0.39, 0.29) is 48.1 Å². The van der Waals surface area contributed by atoms with Gasteiger partial charge >= 0.3 is 5.78 Å². The Kier molecular flexibility index (Phi) is 26.3. The van der Waals surface area contributed by atoms with Gasteiger partial charge in [0.2, 0.25) is 0 Å². The molecule has 0 amide bonds. The first-order valence-electron chi connectivity index (χ1n) is 2.02. The summed E-state index contributed by atoms with van der Waals surface area (Å²) in [6.45, 7) is 3.00. The molecule has 0 saturated heterocycles. The topological polar surface area (TPSA) is 41.6 Å². The Balaban J connectivity index is -0.0000000600. The van der Waals surface area contributed by atoms with Gasteiger partial charge in [0.1, 0.15) is 0 Å². The number of allylic oxidation sites excluding steroid dienone is 2. The second kappa shape index (κ2) is 11.7. The molecule has 3 heteroatoms. The Hall–Kier alpha value is -0.0757. The van der Waals surface area contributed by atoms with Crippen LogP contribution in [0.25, 0.3) is 0 Å². The van der Waals surface area contributed by atoms with Gasteiger partial charge < -0.3 is 20.0 Å². The molecule has 0 aromatic rings. The summed E-state index contributed by atoms with van der Waals surface area (Å²) in [6.07, 6.45) is 1.28. The summed E-state index contributed by atoms with van der Waals surface area (Å²) in [7, 11) is 0. The molecule has 0 aliphatic carbocycles. The molecule has 10 heavy (non-hydrogen) atoms. The van der Waals surface area contributed by atoms with E-state index in [9.17, 15) is 0 Å². The monoisotopic (exact) mass is 179 g/mol. The Morgan fingerprint density at radius 2 is 1.60 bits per heavy atom. The number of aliphatic hydroxyl groups excluding tert-OH is 1. The van der Waals surface area contributed by atoms with Crippen molar-refractivity contribution in [3.05, 3.63) is 26.7 Å². The molecule has 0 saturated carbocycles. The van der Waals surface area contributed by atoms with Gasteiger partial charge in [-0.15, -0.1) is 0 Å². The molecule has 0 fully saturated rings. The Labute approximate surface area is 78.2 Å². The third-order valence-electron chi connectivity index (χ3n) is 0.418. The predicted octanol–water partition coefficient (Wildman–Crippen LogP) is 1.91. The third-order valence-corrected chi connectivity index (χ3v) is 0.418. The van der Waals surface area contributed by atoms with Crippen molar-refractivity contribution in [2.45, 2.75) is 13.8 Å². The predicted molar refractivity (Wildman–Crippen MR) is 41.8 cm³/mol. The molecule has 0 bridgehead atoms. The molecule has 0 aromatic carbocycles. The summed E-state index contributed by atoms with van der Waals surface area (Å²) in [5, 5.41) is 8.40. The summed E-state index contributed by atoms with van der Waals surface area (Å²) in [4.78, 5) is 8.40. The van der Waals surface area contributed by atoms with Crippen molar-refractivity contribution < 1.29 is 31.6 Å². The maximum absolute atomic E-state index is 8.40. The molecule has 2 N–H and O–H groups in total. The van der Waals surface area contributed by atoms with Crippen molar-refractivity contribution in [3.63, 3.8) is 0 Å². The minimum absolute atomic E-state index is 0. The fraction of sp³-hybridized carbons (Fsp3) is 0.286. The Bertz CT molecular complexity index is 104. The number of ketones is 1. The minimum Gasteiger partial charge on any atom is -0.512 e. The van der Waals surface area contributed by atoms with E-state index in [1.165, 1.54) is 19.9 Å². The number of hydrogen-bond donors (Lipinski definition) is 1. The van der Waals surface area contributed by atoms with Crippen molar-refractivity contribution in [1.82, 2.24) is 0 Å². The van der Waals surface area contributed by atoms with Crippen LogP contribution >= 0.6 is 0 Å². The Morgan fingerprint density at radius 1 is 1.30 bits per heavy atom. The summed E-state index contributed by atoms with van der Waals surface area (Å²) in [5.74, 6) is 0.250. The first kappa shape index (κ1) is 22.5. The molecular formula is C7H15O2Ti-. The van der Waals surface area contributed by atoms with E-state index in [4.69, 9.17) is 9.90 Å². The van der Waals surface area contributed by atoms with Gasteiger partial charge in [0.05, 0.1) is 18.8 Å². The van der Waals surface area contributed by atoms with Crippen molar-refractivity contribution in [2.24, 2.45) is 0 Å². The van der Waals surface area contributed by atoms with Crippen LogP contribution in [0.4, 0.5) is 0 Å². The van der Waals surface area contributed by atoms with Crippen LogP contribution in [-0.2, 0) is 21.7 Å². The maximum Gasteiger partial charge on any atom is 0.316 e. The van der Waals surface area contributed by atoms with Crippen LogP contribution in [0, 0.1) is 14.9 Å². The molecular weight excluding hydrogens is 164 g/mol. The molecule has 0 spiro atoms. The van der Waals surface area contributed by atoms with Gasteiger partial charge in [-0.2, -0.15) is 0 Å². The zero-order valence-corrected chi connectivity index (χ0v) is 8.53. The summed E-state index contributed by atoms with van der Waals surface area (Å²) in [5.41, 5.74) is 0. The standard InChI is InChI=1S/C5H8O2.2CH3.Ti/c1-4(6)3-5(2)7;;;/h3,6H,1-2H3;2*1H3;/q;2*-1;/p+1. The van der Waals surface area contributed by atoms with Gasteiger partial charge in [0, 0.05) is 21.7 Å². The van der Waals surface area contributed by atoms with Gasteiger partial charge in [-0.1, -0.05) is 0 Å². The van der Waals surface area contributed by atoms with Crippen LogP contribution in [0.5, 0.6) is 0 Å². The van der Waals surface area contributed by atoms with E-state index in [0.717, 1.165) is 0 Å². The fourth-order valence-corrected chi connectivity index (χ4v) is 0.302. The molecule has 0 heterocycles. The average molecular weight is 179 g/mol. The maximum atomic E-state index is 8.40. The second-order valence-electron chi connectivity index (χ2n) is 1.43. The molecule has 0 aromatic heterocycles. The quantitative estimate of drug-likeness (QED) is 0.216. The summed E-state index contributed by atoms with van der Waals surface area (Å²) in [6, 6.07) is 0. The first-order valence-corrected chi connectivity index (χ1v) is 2.02. The van der Waals surface area contributed by atoms with Gasteiger partial charge in [-0.05, 0) is 6.92 Å². The number of hydrogen-bond acceptors (Lipinski definition) is 1. The van der Waals surface area contributed by atoms with E-state index in [1.807, 2.05) is 0 Å². The van der Waals surface area contributed by atoms with E-state index in [1.54, 1.807) is 0 Å². The molecule has 0 rings (SSSR count). The zero-order chi connectivity index (χ0) is 5.86. The molecule has 0 atom stereocenters. The van der Waals surface area contributed by atoms with Gasteiger partial charge in [0.15, 0.2) is 0 Å². The molecule has 60 valence electrons. The third kappa shape index (κ3) is 24.7. The second-order valence-corrected chi connectivity index (χ2v) is 1.43. The molecule has 0 aliphatic rings. The molecule has 0 radical (unpaired) electrons. The van der Waals surface area contributed by atoms with E-state index in [0.29, 0.717) is 0 Å². The van der Waals surface area contributed by atoms with Gasteiger partial charge in [-0.3, -0.25) is 4.79 Å². The number of aliphatic hydroxyl groups is 1. The van der Waals surface area contributed by atoms with Crippen molar-refractivity contribution in [1.29, 1.82) is 0 Å². The van der Waals surface area contributed by atoms with Crippen LogP contribution in [0.1, 0.15) is 13.8 Å². The summed E-state index contributed by atoms with van der Waals surface area (Å²) >= 11 is 0. The average Bonchev–Trinajstić information content (AvgIpc) is 1.27. The van der Waals surface area contributed by atoms with Crippen molar-refractivity contribution in [3.8, 4) is 0 Å².